The van der Waals surface area contributed by atoms with Crippen molar-refractivity contribution < 1.29 is 4.79 Å². The number of benzene rings is 1. The molecular weight excluding hydrogens is 404 g/mol. The zero-order valence-electron chi connectivity index (χ0n) is 8.77. The van der Waals surface area contributed by atoms with E-state index in [1.807, 2.05) is 13.0 Å². The van der Waals surface area contributed by atoms with Crippen LogP contribution in [0.4, 0.5) is 0 Å². The van der Waals surface area contributed by atoms with Crippen molar-refractivity contribution >= 4 is 56.0 Å². The fourth-order valence-corrected chi connectivity index (χ4v) is 2.56. The van der Waals surface area contributed by atoms with E-state index in [-0.39, 0.29) is 11.9 Å². The largest absolute Gasteiger partial charge is 0.348 e. The van der Waals surface area contributed by atoms with E-state index >= 15 is 0 Å². The molecule has 1 atom stereocenters. The molecule has 0 radical (unpaired) electrons. The summed E-state index contributed by atoms with van der Waals surface area (Å²) in [7, 11) is 0. The predicted octanol–water partition coefficient (Wildman–Crippen LogP) is 3.85. The van der Waals surface area contributed by atoms with E-state index in [1.54, 1.807) is 12.1 Å². The number of alkyl halides is 1. The lowest BCUT2D eigenvalue weighted by Crippen LogP contribution is -2.35. The molecule has 0 spiro atoms. The summed E-state index contributed by atoms with van der Waals surface area (Å²) in [6.45, 7) is 2.04. The Morgan fingerprint density at radius 1 is 1.62 bits per heavy atom. The first-order chi connectivity index (χ1) is 7.58. The van der Waals surface area contributed by atoms with E-state index in [1.165, 1.54) is 0 Å². The molecule has 0 bridgehead atoms. The van der Waals surface area contributed by atoms with Gasteiger partial charge < -0.3 is 5.32 Å². The van der Waals surface area contributed by atoms with Gasteiger partial charge in [-0.25, -0.2) is 0 Å². The zero-order chi connectivity index (χ0) is 12.1. The number of hydrogen-bond donors (Lipinski definition) is 1. The summed E-state index contributed by atoms with van der Waals surface area (Å²) in [5.74, 6) is -0.0711. The smallest absolute Gasteiger partial charge is 0.252 e. The first-order valence-electron chi connectivity index (χ1n) is 4.90. The third kappa shape index (κ3) is 3.89. The fourth-order valence-electron chi connectivity index (χ4n) is 1.18. The Balaban J connectivity index is 2.83. The Kier molecular flexibility index (Phi) is 6.07. The molecular formula is C11H12BrClINO. The maximum absolute atomic E-state index is 12.0. The molecule has 0 saturated carbocycles. The van der Waals surface area contributed by atoms with Crippen molar-refractivity contribution in [3.8, 4) is 0 Å². The molecule has 0 aromatic heterocycles. The van der Waals surface area contributed by atoms with Gasteiger partial charge in [0, 0.05) is 20.0 Å². The van der Waals surface area contributed by atoms with Crippen LogP contribution in [0.3, 0.4) is 0 Å². The first-order valence-corrected chi connectivity index (χ1v) is 7.48. The Labute approximate surface area is 122 Å². The monoisotopic (exact) mass is 415 g/mol. The van der Waals surface area contributed by atoms with Crippen molar-refractivity contribution in [3.63, 3.8) is 0 Å². The maximum atomic E-state index is 12.0. The molecule has 1 rings (SSSR count). The average Bonchev–Trinajstić information content (AvgIpc) is 2.28. The van der Waals surface area contributed by atoms with Gasteiger partial charge in [0.15, 0.2) is 0 Å². The zero-order valence-corrected chi connectivity index (χ0v) is 13.3. The lowest BCUT2D eigenvalue weighted by atomic mass is 10.2. The highest BCUT2D eigenvalue weighted by Gasteiger charge is 2.14. The molecule has 2 nitrogen and oxygen atoms in total. The van der Waals surface area contributed by atoms with Crippen molar-refractivity contribution in [2.24, 2.45) is 0 Å². The van der Waals surface area contributed by atoms with Gasteiger partial charge in [0.25, 0.3) is 5.91 Å². The molecule has 1 aromatic rings. The molecule has 0 heterocycles. The van der Waals surface area contributed by atoms with Crippen LogP contribution in [0, 0.1) is 3.57 Å². The number of nitrogens with one attached hydrogen (secondary N) is 1. The van der Waals surface area contributed by atoms with Crippen molar-refractivity contribution in [1.29, 1.82) is 0 Å². The molecule has 0 aliphatic carbocycles. The summed E-state index contributed by atoms with van der Waals surface area (Å²) in [5.41, 5.74) is 0.632. The molecule has 0 aliphatic heterocycles. The fraction of sp³-hybridized carbons (Fsp3) is 0.364. The van der Waals surface area contributed by atoms with Gasteiger partial charge >= 0.3 is 0 Å². The van der Waals surface area contributed by atoms with Crippen molar-refractivity contribution in [1.82, 2.24) is 5.32 Å². The van der Waals surface area contributed by atoms with Gasteiger partial charge in [-0.2, -0.15) is 0 Å². The van der Waals surface area contributed by atoms with Crippen LogP contribution in [0.2, 0.25) is 5.02 Å². The van der Waals surface area contributed by atoms with Crippen LogP contribution in [-0.2, 0) is 0 Å². The summed E-state index contributed by atoms with van der Waals surface area (Å²) in [4.78, 5) is 12.0. The minimum Gasteiger partial charge on any atom is -0.348 e. The van der Waals surface area contributed by atoms with E-state index in [0.717, 1.165) is 15.3 Å². The highest BCUT2D eigenvalue weighted by molar-refractivity contribution is 14.1. The van der Waals surface area contributed by atoms with Crippen LogP contribution in [0.25, 0.3) is 0 Å². The molecule has 1 amide bonds. The topological polar surface area (TPSA) is 29.1 Å². The predicted molar refractivity (Wildman–Crippen MR) is 79.5 cm³/mol. The minimum atomic E-state index is -0.0711. The number of carbonyl (C=O) groups is 1. The first kappa shape index (κ1) is 14.3. The standard InChI is InChI=1S/C11H12BrClINO/c1-2-8(6-12)15-11(16)9-5-7(13)3-4-10(9)14/h3-5,8H,2,6H2,1H3,(H,15,16). The van der Waals surface area contributed by atoms with E-state index in [9.17, 15) is 4.79 Å². The normalized spacial score (nSPS) is 12.2. The molecule has 5 heteroatoms. The molecule has 88 valence electrons. The van der Waals surface area contributed by atoms with E-state index in [2.05, 4.69) is 43.8 Å². The van der Waals surface area contributed by atoms with Crippen molar-refractivity contribution in [3.05, 3.63) is 32.4 Å². The third-order valence-corrected chi connectivity index (χ3v) is 4.14. The van der Waals surface area contributed by atoms with Gasteiger partial charge in [-0.1, -0.05) is 34.5 Å². The number of halogens is 3. The maximum Gasteiger partial charge on any atom is 0.252 e. The van der Waals surface area contributed by atoms with Gasteiger partial charge in [0.1, 0.15) is 0 Å². The molecule has 16 heavy (non-hydrogen) atoms. The Morgan fingerprint density at radius 2 is 2.31 bits per heavy atom. The summed E-state index contributed by atoms with van der Waals surface area (Å²) in [6, 6.07) is 5.47. The van der Waals surface area contributed by atoms with Crippen LogP contribution in [-0.4, -0.2) is 17.3 Å². The lowest BCUT2D eigenvalue weighted by Gasteiger charge is -2.14. The minimum absolute atomic E-state index is 0.0711. The molecule has 0 fully saturated rings. The summed E-state index contributed by atoms with van der Waals surface area (Å²) < 4.78 is 0.906. The van der Waals surface area contributed by atoms with Crippen LogP contribution in [0.15, 0.2) is 18.2 Å². The van der Waals surface area contributed by atoms with E-state index < -0.39 is 0 Å². The molecule has 0 aliphatic rings. The number of amides is 1. The number of carbonyl (C=O) groups excluding carboxylic acids is 1. The van der Waals surface area contributed by atoms with Gasteiger partial charge in [0.05, 0.1) is 5.56 Å². The van der Waals surface area contributed by atoms with Gasteiger partial charge in [-0.05, 0) is 47.2 Å². The van der Waals surface area contributed by atoms with Gasteiger partial charge in [-0.3, -0.25) is 4.79 Å². The van der Waals surface area contributed by atoms with Crippen LogP contribution >= 0.6 is 50.1 Å². The average molecular weight is 416 g/mol. The quantitative estimate of drug-likeness (QED) is 0.586. The Hall–Kier alpha value is 0.190. The van der Waals surface area contributed by atoms with E-state index in [0.29, 0.717) is 10.6 Å². The van der Waals surface area contributed by atoms with Crippen molar-refractivity contribution in [2.45, 2.75) is 19.4 Å². The number of rotatable bonds is 4. The Bertz CT molecular complexity index is 382. The second kappa shape index (κ2) is 6.81. The summed E-state index contributed by atoms with van der Waals surface area (Å²) in [6.07, 6.45) is 0.897. The second-order valence-electron chi connectivity index (χ2n) is 3.36. The number of hydrogen-bond acceptors (Lipinski definition) is 1. The van der Waals surface area contributed by atoms with Crippen LogP contribution in [0.1, 0.15) is 23.7 Å². The highest BCUT2D eigenvalue weighted by atomic mass is 127. The Morgan fingerprint density at radius 3 is 2.88 bits per heavy atom. The molecule has 1 N–H and O–H groups in total. The highest BCUT2D eigenvalue weighted by Crippen LogP contribution is 2.18. The molecule has 1 aromatic carbocycles. The summed E-state index contributed by atoms with van der Waals surface area (Å²) >= 11 is 11.4. The molecule has 0 saturated heterocycles. The van der Waals surface area contributed by atoms with Gasteiger partial charge in [0.2, 0.25) is 0 Å². The molecule has 1 unspecified atom stereocenters. The van der Waals surface area contributed by atoms with Crippen LogP contribution < -0.4 is 5.32 Å². The third-order valence-electron chi connectivity index (χ3n) is 2.19. The van der Waals surface area contributed by atoms with Gasteiger partial charge in [-0.15, -0.1) is 0 Å². The summed E-state index contributed by atoms with van der Waals surface area (Å²) in [5, 5.41) is 4.29. The van der Waals surface area contributed by atoms with E-state index in [4.69, 9.17) is 11.6 Å². The SMILES string of the molecule is CCC(CBr)NC(=O)c1cc(Cl)ccc1I. The lowest BCUT2D eigenvalue weighted by molar-refractivity contribution is 0.0939. The second-order valence-corrected chi connectivity index (χ2v) is 5.60. The van der Waals surface area contributed by atoms with Crippen molar-refractivity contribution in [2.75, 3.05) is 5.33 Å². The van der Waals surface area contributed by atoms with Crippen LogP contribution in [0.5, 0.6) is 0 Å².